The lowest BCUT2D eigenvalue weighted by atomic mass is 10.3. The second-order valence-corrected chi connectivity index (χ2v) is 5.14. The van der Waals surface area contributed by atoms with Crippen molar-refractivity contribution in [2.45, 2.75) is 19.6 Å². The van der Waals surface area contributed by atoms with Crippen LogP contribution in [0.3, 0.4) is 0 Å². The second kappa shape index (κ2) is 6.06. The Labute approximate surface area is 117 Å². The van der Waals surface area contributed by atoms with Crippen molar-refractivity contribution < 1.29 is 13.7 Å². The Morgan fingerprint density at radius 2 is 2.30 bits per heavy atom. The molecule has 0 bridgehead atoms. The van der Waals surface area contributed by atoms with Crippen molar-refractivity contribution in [2.75, 3.05) is 7.05 Å². The van der Waals surface area contributed by atoms with Crippen molar-refractivity contribution in [3.63, 3.8) is 0 Å². The first-order valence-corrected chi connectivity index (χ1v) is 6.55. The van der Waals surface area contributed by atoms with Gasteiger partial charge in [0.2, 0.25) is 0 Å². The van der Waals surface area contributed by atoms with Crippen molar-refractivity contribution in [3.8, 4) is 0 Å². The third kappa shape index (κ3) is 3.36. The summed E-state index contributed by atoms with van der Waals surface area (Å²) in [5.74, 6) is 0.257. The lowest BCUT2D eigenvalue weighted by Gasteiger charge is -2.16. The number of thiophene rings is 1. The van der Waals surface area contributed by atoms with Gasteiger partial charge >= 0.3 is 11.6 Å². The Balaban J connectivity index is 1.99. The Hall–Kier alpha value is -1.87. The van der Waals surface area contributed by atoms with E-state index in [0.717, 1.165) is 21.5 Å². The fraction of sp³-hybridized carbons (Fsp3) is 0.364. The van der Waals surface area contributed by atoms with Gasteiger partial charge in [-0.2, -0.15) is 8.78 Å². The fourth-order valence-electron chi connectivity index (χ4n) is 1.79. The number of hydrogen-bond acceptors (Lipinski definition) is 5. The molecule has 6 nitrogen and oxygen atoms in total. The van der Waals surface area contributed by atoms with E-state index < -0.39 is 11.5 Å². The van der Waals surface area contributed by atoms with E-state index in [1.165, 1.54) is 18.5 Å². The summed E-state index contributed by atoms with van der Waals surface area (Å²) in [6.45, 7) is -1.95. The molecule has 2 rings (SSSR count). The zero-order valence-electron chi connectivity index (χ0n) is 10.6. The van der Waals surface area contributed by atoms with E-state index >= 15 is 0 Å². The Morgan fingerprint density at radius 1 is 1.55 bits per heavy atom. The standard InChI is InChI=1S/C11H12F2N4O2S/c1-15(5-8-4-10(17(18)19)20-7-8)6-9-14-2-3-16(9)11(12)13/h2-4,7,11H,5-6H2,1H3. The molecule has 2 aromatic rings. The first kappa shape index (κ1) is 14.5. The van der Waals surface area contributed by atoms with Gasteiger partial charge in [-0.25, -0.2) is 4.98 Å². The highest BCUT2D eigenvalue weighted by molar-refractivity contribution is 7.13. The van der Waals surface area contributed by atoms with Gasteiger partial charge in [0.15, 0.2) is 0 Å². The zero-order chi connectivity index (χ0) is 14.7. The number of alkyl halides is 2. The van der Waals surface area contributed by atoms with Crippen LogP contribution < -0.4 is 0 Å². The van der Waals surface area contributed by atoms with Crippen LogP contribution in [0, 0.1) is 10.1 Å². The Kier molecular flexibility index (Phi) is 4.40. The fourth-order valence-corrected chi connectivity index (χ4v) is 2.51. The topological polar surface area (TPSA) is 64.2 Å². The van der Waals surface area contributed by atoms with Crippen molar-refractivity contribution in [2.24, 2.45) is 0 Å². The van der Waals surface area contributed by atoms with Gasteiger partial charge in [-0.15, -0.1) is 0 Å². The first-order valence-electron chi connectivity index (χ1n) is 5.67. The maximum absolute atomic E-state index is 12.7. The predicted octanol–water partition coefficient (Wildman–Crippen LogP) is 2.88. The van der Waals surface area contributed by atoms with Gasteiger partial charge < -0.3 is 0 Å². The molecule has 108 valence electrons. The highest BCUT2D eigenvalue weighted by Crippen LogP contribution is 2.23. The lowest BCUT2D eigenvalue weighted by Crippen LogP contribution is -2.20. The van der Waals surface area contributed by atoms with E-state index in [9.17, 15) is 18.9 Å². The molecule has 2 heterocycles. The van der Waals surface area contributed by atoms with Gasteiger partial charge in [0.25, 0.3) is 0 Å². The molecule has 0 spiro atoms. The second-order valence-electron chi connectivity index (χ2n) is 4.25. The summed E-state index contributed by atoms with van der Waals surface area (Å²) in [5.41, 5.74) is 0.777. The van der Waals surface area contributed by atoms with Crippen LogP contribution in [-0.2, 0) is 13.1 Å². The molecule has 9 heteroatoms. The molecule has 0 saturated carbocycles. The van der Waals surface area contributed by atoms with Crippen molar-refractivity contribution in [3.05, 3.63) is 45.3 Å². The number of aromatic nitrogens is 2. The van der Waals surface area contributed by atoms with Crippen LogP contribution in [0.15, 0.2) is 23.8 Å². The lowest BCUT2D eigenvalue weighted by molar-refractivity contribution is -0.380. The molecule has 0 N–H and O–H groups in total. The zero-order valence-corrected chi connectivity index (χ0v) is 11.4. The monoisotopic (exact) mass is 302 g/mol. The summed E-state index contributed by atoms with van der Waals surface area (Å²) in [5, 5.41) is 12.3. The van der Waals surface area contributed by atoms with Crippen molar-refractivity contribution >= 4 is 16.3 Å². The third-order valence-corrected chi connectivity index (χ3v) is 3.57. The Bertz CT molecular complexity index is 599. The van der Waals surface area contributed by atoms with Crippen molar-refractivity contribution in [1.29, 1.82) is 0 Å². The van der Waals surface area contributed by atoms with Gasteiger partial charge in [-0.05, 0) is 12.6 Å². The molecule has 0 fully saturated rings. The molecule has 0 aromatic carbocycles. The maximum Gasteiger partial charge on any atom is 0.324 e. The normalized spacial score (nSPS) is 11.4. The van der Waals surface area contributed by atoms with Crippen LogP contribution in [0.1, 0.15) is 17.9 Å². The summed E-state index contributed by atoms with van der Waals surface area (Å²) in [4.78, 5) is 15.8. The molecule has 0 aliphatic carbocycles. The highest BCUT2D eigenvalue weighted by atomic mass is 32.1. The average molecular weight is 302 g/mol. The smallest absolute Gasteiger partial charge is 0.295 e. The number of nitrogens with zero attached hydrogens (tertiary/aromatic N) is 4. The molecular formula is C11H12F2N4O2S. The highest BCUT2D eigenvalue weighted by Gasteiger charge is 2.15. The molecule has 0 unspecified atom stereocenters. The molecule has 0 radical (unpaired) electrons. The van der Waals surface area contributed by atoms with Gasteiger partial charge in [-0.3, -0.25) is 19.6 Å². The van der Waals surface area contributed by atoms with Gasteiger partial charge in [0.1, 0.15) is 5.82 Å². The molecule has 0 saturated heterocycles. The quantitative estimate of drug-likeness (QED) is 0.608. The molecule has 0 aliphatic heterocycles. The largest absolute Gasteiger partial charge is 0.324 e. The number of halogens is 2. The minimum absolute atomic E-state index is 0.0717. The molecular weight excluding hydrogens is 290 g/mol. The van der Waals surface area contributed by atoms with Gasteiger partial charge in [0.05, 0.1) is 11.5 Å². The molecule has 0 amide bonds. The van der Waals surface area contributed by atoms with E-state index in [4.69, 9.17) is 0 Å². The predicted molar refractivity (Wildman–Crippen MR) is 69.6 cm³/mol. The summed E-state index contributed by atoms with van der Waals surface area (Å²) in [7, 11) is 1.74. The van der Waals surface area contributed by atoms with Crippen LogP contribution in [0.4, 0.5) is 13.8 Å². The summed E-state index contributed by atoms with van der Waals surface area (Å²) in [6.07, 6.45) is 2.55. The van der Waals surface area contributed by atoms with Gasteiger partial charge in [-0.1, -0.05) is 11.3 Å². The van der Waals surface area contributed by atoms with E-state index in [0.29, 0.717) is 6.54 Å². The van der Waals surface area contributed by atoms with E-state index in [1.54, 1.807) is 17.3 Å². The van der Waals surface area contributed by atoms with E-state index in [2.05, 4.69) is 4.98 Å². The maximum atomic E-state index is 12.7. The van der Waals surface area contributed by atoms with Crippen LogP contribution in [0.2, 0.25) is 0 Å². The number of hydrogen-bond donors (Lipinski definition) is 0. The first-order chi connectivity index (χ1) is 9.47. The van der Waals surface area contributed by atoms with Crippen LogP contribution in [-0.4, -0.2) is 26.4 Å². The molecule has 2 aromatic heterocycles. The minimum atomic E-state index is -2.62. The summed E-state index contributed by atoms with van der Waals surface area (Å²) >= 11 is 1.05. The molecule has 0 aliphatic rings. The third-order valence-electron chi connectivity index (χ3n) is 2.64. The van der Waals surface area contributed by atoms with Crippen LogP contribution in [0.25, 0.3) is 0 Å². The minimum Gasteiger partial charge on any atom is -0.295 e. The molecule has 0 atom stereocenters. The van der Waals surface area contributed by atoms with E-state index in [1.807, 2.05) is 0 Å². The van der Waals surface area contributed by atoms with Crippen LogP contribution in [0.5, 0.6) is 0 Å². The number of nitro groups is 1. The summed E-state index contributed by atoms with van der Waals surface area (Å²) in [6, 6.07) is 1.49. The molecule has 20 heavy (non-hydrogen) atoms. The number of rotatable bonds is 6. The Morgan fingerprint density at radius 3 is 2.90 bits per heavy atom. The average Bonchev–Trinajstić information content (AvgIpc) is 2.97. The van der Waals surface area contributed by atoms with Gasteiger partial charge in [0, 0.05) is 30.4 Å². The number of imidazole rings is 1. The van der Waals surface area contributed by atoms with Crippen LogP contribution >= 0.6 is 11.3 Å². The van der Waals surface area contributed by atoms with E-state index in [-0.39, 0.29) is 17.4 Å². The summed E-state index contributed by atoms with van der Waals surface area (Å²) < 4.78 is 26.1. The van der Waals surface area contributed by atoms with Crippen molar-refractivity contribution in [1.82, 2.24) is 14.5 Å². The SMILES string of the molecule is CN(Cc1csc([N+](=O)[O-])c1)Cc1nccn1C(F)F.